The number of hydrogen-bond acceptors (Lipinski definition) is 7. The molecule has 2 N–H and O–H groups in total. The lowest BCUT2D eigenvalue weighted by Gasteiger charge is -2.17. The van der Waals surface area contributed by atoms with Crippen LogP contribution in [0, 0.1) is 0 Å². The number of ether oxygens (including phenoxy) is 1. The predicted molar refractivity (Wildman–Crippen MR) is 71.4 cm³/mol. The van der Waals surface area contributed by atoms with Crippen LogP contribution in [0.15, 0.2) is 17.0 Å². The number of rotatable bonds is 5. The van der Waals surface area contributed by atoms with Gasteiger partial charge in [0, 0.05) is 25.6 Å². The van der Waals surface area contributed by atoms with Gasteiger partial charge in [0.25, 0.3) is 0 Å². The molecule has 0 amide bonds. The zero-order chi connectivity index (χ0) is 13.0. The predicted octanol–water partition coefficient (Wildman–Crippen LogP) is 1.30. The second-order valence-corrected chi connectivity index (χ2v) is 4.55. The van der Waals surface area contributed by atoms with Crippen LogP contribution in [0.5, 0.6) is 0 Å². The third-order valence-electron chi connectivity index (χ3n) is 2.33. The quantitative estimate of drug-likeness (QED) is 0.878. The third kappa shape index (κ3) is 3.14. The number of nitrogen functional groups attached to an aromatic ring is 1. The maximum atomic E-state index is 5.75. The van der Waals surface area contributed by atoms with Gasteiger partial charge in [-0.05, 0) is 0 Å². The SMILES string of the molecule is COCc1nc(N)cc(N(C)Cc2cscn2)n1. The molecule has 2 aromatic rings. The van der Waals surface area contributed by atoms with E-state index in [9.17, 15) is 0 Å². The standard InChI is InChI=1S/C11H15N5OS/c1-16(4-8-6-18-7-13-8)11-3-9(12)14-10(15-11)5-17-2/h3,6-7H,4-5H2,1-2H3,(H2,12,14,15). The Labute approximate surface area is 109 Å². The Morgan fingerprint density at radius 2 is 2.28 bits per heavy atom. The average molecular weight is 265 g/mol. The lowest BCUT2D eigenvalue weighted by Crippen LogP contribution is -2.19. The van der Waals surface area contributed by atoms with E-state index < -0.39 is 0 Å². The fraction of sp³-hybridized carbons (Fsp3) is 0.364. The summed E-state index contributed by atoms with van der Waals surface area (Å²) in [5.74, 6) is 1.79. The molecule has 0 spiro atoms. The van der Waals surface area contributed by atoms with Crippen LogP contribution >= 0.6 is 11.3 Å². The van der Waals surface area contributed by atoms with E-state index in [1.807, 2.05) is 22.8 Å². The Balaban J connectivity index is 2.16. The molecule has 0 atom stereocenters. The Morgan fingerprint density at radius 1 is 1.44 bits per heavy atom. The van der Waals surface area contributed by atoms with Gasteiger partial charge in [0.15, 0.2) is 5.82 Å². The molecule has 2 aromatic heterocycles. The normalized spacial score (nSPS) is 10.6. The summed E-state index contributed by atoms with van der Waals surface area (Å²) in [6, 6.07) is 1.74. The number of hydrogen-bond donors (Lipinski definition) is 1. The lowest BCUT2D eigenvalue weighted by molar-refractivity contribution is 0.178. The van der Waals surface area contributed by atoms with Crippen LogP contribution in [0.3, 0.4) is 0 Å². The van der Waals surface area contributed by atoms with Gasteiger partial charge in [-0.1, -0.05) is 0 Å². The highest BCUT2D eigenvalue weighted by molar-refractivity contribution is 7.07. The van der Waals surface area contributed by atoms with Crippen molar-refractivity contribution < 1.29 is 4.74 Å². The van der Waals surface area contributed by atoms with Crippen LogP contribution in [0.2, 0.25) is 0 Å². The van der Waals surface area contributed by atoms with Crippen LogP contribution < -0.4 is 10.6 Å². The van der Waals surface area contributed by atoms with Crippen LogP contribution in [0.4, 0.5) is 11.6 Å². The molecule has 0 saturated heterocycles. The van der Waals surface area contributed by atoms with Crippen molar-refractivity contribution >= 4 is 23.0 Å². The van der Waals surface area contributed by atoms with Crippen molar-refractivity contribution in [1.82, 2.24) is 15.0 Å². The summed E-state index contributed by atoms with van der Waals surface area (Å²) in [6.45, 7) is 1.04. The first-order valence-corrected chi connectivity index (χ1v) is 6.34. The highest BCUT2D eigenvalue weighted by Crippen LogP contribution is 2.15. The summed E-state index contributed by atoms with van der Waals surface area (Å²) < 4.78 is 5.01. The lowest BCUT2D eigenvalue weighted by atomic mass is 10.4. The topological polar surface area (TPSA) is 77.2 Å². The van der Waals surface area contributed by atoms with Gasteiger partial charge < -0.3 is 15.4 Å². The molecule has 0 saturated carbocycles. The van der Waals surface area contributed by atoms with E-state index in [4.69, 9.17) is 10.5 Å². The average Bonchev–Trinajstić information content (AvgIpc) is 2.81. The Hall–Kier alpha value is -1.73. The molecule has 0 unspecified atom stereocenters. The molecule has 0 aliphatic carbocycles. The first kappa shape index (κ1) is 12.7. The van der Waals surface area contributed by atoms with Crippen molar-refractivity contribution in [2.45, 2.75) is 13.2 Å². The number of aromatic nitrogens is 3. The van der Waals surface area contributed by atoms with E-state index in [0.29, 0.717) is 24.8 Å². The molecule has 0 fully saturated rings. The Bertz CT molecular complexity index is 502. The van der Waals surface area contributed by atoms with Crippen molar-refractivity contribution in [2.75, 3.05) is 24.8 Å². The van der Waals surface area contributed by atoms with E-state index in [-0.39, 0.29) is 0 Å². The molecule has 0 radical (unpaired) electrons. The molecule has 0 bridgehead atoms. The smallest absolute Gasteiger partial charge is 0.158 e. The minimum atomic E-state index is 0.350. The van der Waals surface area contributed by atoms with Gasteiger partial charge in [-0.3, -0.25) is 0 Å². The van der Waals surface area contributed by atoms with Gasteiger partial charge in [-0.25, -0.2) is 15.0 Å². The fourth-order valence-corrected chi connectivity index (χ4v) is 2.08. The van der Waals surface area contributed by atoms with Crippen LogP contribution in [-0.2, 0) is 17.9 Å². The Kier molecular flexibility index (Phi) is 4.06. The second-order valence-electron chi connectivity index (χ2n) is 3.84. The number of methoxy groups -OCH3 is 1. The van der Waals surface area contributed by atoms with E-state index >= 15 is 0 Å². The number of thiazole rings is 1. The molecular formula is C11H15N5OS. The molecule has 2 heterocycles. The van der Waals surface area contributed by atoms with Gasteiger partial charge in [0.1, 0.15) is 18.2 Å². The molecule has 6 nitrogen and oxygen atoms in total. The van der Waals surface area contributed by atoms with E-state index in [0.717, 1.165) is 11.5 Å². The summed E-state index contributed by atoms with van der Waals surface area (Å²) in [4.78, 5) is 14.7. The number of anilines is 2. The summed E-state index contributed by atoms with van der Waals surface area (Å²) in [5.41, 5.74) is 8.57. The van der Waals surface area contributed by atoms with Crippen LogP contribution in [-0.4, -0.2) is 29.1 Å². The summed E-state index contributed by atoms with van der Waals surface area (Å²) in [7, 11) is 3.54. The van der Waals surface area contributed by atoms with Gasteiger partial charge in [0.2, 0.25) is 0 Å². The molecular weight excluding hydrogens is 250 g/mol. The van der Waals surface area contributed by atoms with E-state index in [1.54, 1.807) is 24.5 Å². The molecule has 0 aliphatic heterocycles. The Morgan fingerprint density at radius 3 is 2.94 bits per heavy atom. The summed E-state index contributed by atoms with van der Waals surface area (Å²) >= 11 is 1.58. The second kappa shape index (κ2) is 5.74. The minimum absolute atomic E-state index is 0.350. The third-order valence-corrected chi connectivity index (χ3v) is 2.96. The highest BCUT2D eigenvalue weighted by Gasteiger charge is 2.08. The summed E-state index contributed by atoms with van der Waals surface area (Å²) in [5, 5.41) is 2.01. The first-order valence-electron chi connectivity index (χ1n) is 5.39. The molecule has 2 rings (SSSR count). The van der Waals surface area contributed by atoms with Crippen molar-refractivity contribution in [3.05, 3.63) is 28.5 Å². The number of nitrogens with zero attached hydrogens (tertiary/aromatic N) is 4. The highest BCUT2D eigenvalue weighted by atomic mass is 32.1. The molecule has 96 valence electrons. The number of nitrogens with two attached hydrogens (primary N) is 1. The summed E-state index contributed by atoms with van der Waals surface area (Å²) in [6.07, 6.45) is 0. The van der Waals surface area contributed by atoms with Crippen molar-refractivity contribution in [2.24, 2.45) is 0 Å². The minimum Gasteiger partial charge on any atom is -0.384 e. The molecule has 0 aliphatic rings. The zero-order valence-corrected chi connectivity index (χ0v) is 11.1. The monoisotopic (exact) mass is 265 g/mol. The molecule has 0 aromatic carbocycles. The van der Waals surface area contributed by atoms with Crippen molar-refractivity contribution in [3.8, 4) is 0 Å². The molecule has 7 heteroatoms. The maximum Gasteiger partial charge on any atom is 0.158 e. The van der Waals surface area contributed by atoms with Gasteiger partial charge in [-0.2, -0.15) is 0 Å². The van der Waals surface area contributed by atoms with Gasteiger partial charge >= 0.3 is 0 Å². The first-order chi connectivity index (χ1) is 8.69. The van der Waals surface area contributed by atoms with Crippen LogP contribution in [0.1, 0.15) is 11.5 Å². The molecule has 18 heavy (non-hydrogen) atoms. The van der Waals surface area contributed by atoms with E-state index in [1.165, 1.54) is 0 Å². The largest absolute Gasteiger partial charge is 0.384 e. The van der Waals surface area contributed by atoms with Gasteiger partial charge in [0.05, 0.1) is 17.7 Å². The van der Waals surface area contributed by atoms with Crippen molar-refractivity contribution in [1.29, 1.82) is 0 Å². The maximum absolute atomic E-state index is 5.75. The zero-order valence-electron chi connectivity index (χ0n) is 10.3. The van der Waals surface area contributed by atoms with E-state index in [2.05, 4.69) is 15.0 Å². The van der Waals surface area contributed by atoms with Crippen molar-refractivity contribution in [3.63, 3.8) is 0 Å². The van der Waals surface area contributed by atoms with Crippen LogP contribution in [0.25, 0.3) is 0 Å². The van der Waals surface area contributed by atoms with Gasteiger partial charge in [-0.15, -0.1) is 11.3 Å². The fourth-order valence-electron chi connectivity index (χ4n) is 1.53.